The van der Waals surface area contributed by atoms with E-state index >= 15 is 0 Å². The molecule has 0 saturated carbocycles. The molecule has 2 heterocycles. The Morgan fingerprint density at radius 3 is 3.00 bits per heavy atom. The van der Waals surface area contributed by atoms with Crippen LogP contribution in [0, 0.1) is 5.92 Å². The molecule has 5 heteroatoms. The Labute approximate surface area is 100 Å². The first-order chi connectivity index (χ1) is 8.09. The molecule has 1 aliphatic heterocycles. The van der Waals surface area contributed by atoms with Crippen molar-refractivity contribution in [2.45, 2.75) is 32.7 Å². The largest absolute Gasteiger partial charge is 0.477 e. The van der Waals surface area contributed by atoms with Gasteiger partial charge in [-0.15, -0.1) is 0 Å². The summed E-state index contributed by atoms with van der Waals surface area (Å²) in [6, 6.07) is 1.84. The van der Waals surface area contributed by atoms with Crippen molar-refractivity contribution in [3.63, 3.8) is 0 Å². The van der Waals surface area contributed by atoms with Crippen molar-refractivity contribution in [1.82, 2.24) is 9.97 Å². The smallest absolute Gasteiger partial charge is 0.354 e. The monoisotopic (exact) mass is 235 g/mol. The molecule has 1 aromatic heterocycles. The molecule has 1 atom stereocenters. The second-order valence-electron chi connectivity index (χ2n) is 4.69. The van der Waals surface area contributed by atoms with E-state index in [1.807, 2.05) is 0 Å². The molecule has 1 aliphatic rings. The topological polar surface area (TPSA) is 66.3 Å². The van der Waals surface area contributed by atoms with Crippen LogP contribution in [0.25, 0.3) is 0 Å². The Morgan fingerprint density at radius 2 is 2.35 bits per heavy atom. The lowest BCUT2D eigenvalue weighted by Crippen LogP contribution is -2.34. The summed E-state index contributed by atoms with van der Waals surface area (Å²) in [5, 5.41) is 8.92. The van der Waals surface area contributed by atoms with Crippen molar-refractivity contribution >= 4 is 11.9 Å². The van der Waals surface area contributed by atoms with Gasteiger partial charge in [-0.05, 0) is 24.8 Å². The normalized spacial score (nSPS) is 19.9. The fourth-order valence-electron chi connectivity index (χ4n) is 2.34. The van der Waals surface area contributed by atoms with E-state index in [1.165, 1.54) is 12.3 Å². The summed E-state index contributed by atoms with van der Waals surface area (Å²) in [6.07, 6.45) is 3.75. The highest BCUT2D eigenvalue weighted by Crippen LogP contribution is 2.27. The molecule has 17 heavy (non-hydrogen) atoms. The van der Waals surface area contributed by atoms with E-state index in [2.05, 4.69) is 28.7 Å². The molecular formula is C12H17N3O2. The minimum Gasteiger partial charge on any atom is -0.477 e. The lowest BCUT2D eigenvalue weighted by molar-refractivity contribution is 0.0690. The summed E-state index contributed by atoms with van der Waals surface area (Å²) >= 11 is 0. The van der Waals surface area contributed by atoms with Gasteiger partial charge in [0.1, 0.15) is 0 Å². The molecule has 1 unspecified atom stereocenters. The third-order valence-corrected chi connectivity index (χ3v) is 3.19. The Kier molecular flexibility index (Phi) is 3.26. The highest BCUT2D eigenvalue weighted by molar-refractivity contribution is 5.85. The van der Waals surface area contributed by atoms with Crippen LogP contribution in [0.3, 0.4) is 0 Å². The summed E-state index contributed by atoms with van der Waals surface area (Å²) in [5.74, 6) is 0.0598. The predicted octanol–water partition coefficient (Wildman–Crippen LogP) is 1.80. The summed E-state index contributed by atoms with van der Waals surface area (Å²) in [5.41, 5.74) is 0.0596. The maximum Gasteiger partial charge on any atom is 0.354 e. The average Bonchev–Trinajstić information content (AvgIpc) is 2.78. The third kappa shape index (κ3) is 2.38. The number of hydrogen-bond acceptors (Lipinski definition) is 4. The van der Waals surface area contributed by atoms with E-state index in [0.717, 1.165) is 19.4 Å². The van der Waals surface area contributed by atoms with E-state index in [9.17, 15) is 4.79 Å². The fourth-order valence-corrected chi connectivity index (χ4v) is 2.34. The Balaban J connectivity index is 2.27. The second-order valence-corrected chi connectivity index (χ2v) is 4.69. The quantitative estimate of drug-likeness (QED) is 0.865. The van der Waals surface area contributed by atoms with E-state index in [1.54, 1.807) is 0 Å². The lowest BCUT2D eigenvalue weighted by atomic mass is 10.0. The van der Waals surface area contributed by atoms with Crippen molar-refractivity contribution in [2.75, 3.05) is 11.4 Å². The van der Waals surface area contributed by atoms with Gasteiger partial charge in [0.15, 0.2) is 5.69 Å². The van der Waals surface area contributed by atoms with Crippen molar-refractivity contribution in [1.29, 1.82) is 0 Å². The molecule has 5 nitrogen and oxygen atoms in total. The van der Waals surface area contributed by atoms with Crippen LogP contribution in [0.1, 0.15) is 37.2 Å². The number of hydrogen-bond donors (Lipinski definition) is 1. The van der Waals surface area contributed by atoms with E-state index in [-0.39, 0.29) is 5.69 Å². The van der Waals surface area contributed by atoms with Crippen molar-refractivity contribution in [2.24, 2.45) is 5.92 Å². The van der Waals surface area contributed by atoms with Gasteiger partial charge in [-0.1, -0.05) is 13.8 Å². The number of nitrogens with zero attached hydrogens (tertiary/aromatic N) is 3. The molecule has 0 spiro atoms. The summed E-state index contributed by atoms with van der Waals surface area (Å²) in [6.45, 7) is 5.25. The Morgan fingerprint density at radius 1 is 1.59 bits per heavy atom. The molecule has 0 amide bonds. The van der Waals surface area contributed by atoms with Gasteiger partial charge < -0.3 is 10.0 Å². The van der Waals surface area contributed by atoms with Gasteiger partial charge in [0.25, 0.3) is 0 Å². The Hall–Kier alpha value is -1.65. The molecular weight excluding hydrogens is 218 g/mol. The molecule has 1 N–H and O–H groups in total. The van der Waals surface area contributed by atoms with Crippen molar-refractivity contribution < 1.29 is 9.90 Å². The Bertz CT molecular complexity index is 420. The summed E-state index contributed by atoms with van der Waals surface area (Å²) < 4.78 is 0. The third-order valence-electron chi connectivity index (χ3n) is 3.19. The molecule has 1 fully saturated rings. The fraction of sp³-hybridized carbons (Fsp3) is 0.583. The van der Waals surface area contributed by atoms with Crippen molar-refractivity contribution in [3.8, 4) is 0 Å². The number of carboxylic acids is 1. The first kappa shape index (κ1) is 11.8. The van der Waals surface area contributed by atoms with Gasteiger partial charge in [0.2, 0.25) is 5.95 Å². The van der Waals surface area contributed by atoms with Gasteiger partial charge in [-0.3, -0.25) is 0 Å². The number of carbonyl (C=O) groups is 1. The van der Waals surface area contributed by atoms with Gasteiger partial charge in [-0.25, -0.2) is 14.8 Å². The van der Waals surface area contributed by atoms with Gasteiger partial charge in [0.05, 0.1) is 0 Å². The number of aromatic carboxylic acids is 1. The first-order valence-corrected chi connectivity index (χ1v) is 5.92. The van der Waals surface area contributed by atoms with E-state index in [0.29, 0.717) is 17.9 Å². The maximum absolute atomic E-state index is 10.9. The number of anilines is 1. The predicted molar refractivity (Wildman–Crippen MR) is 64.2 cm³/mol. The zero-order valence-electron chi connectivity index (χ0n) is 10.1. The first-order valence-electron chi connectivity index (χ1n) is 5.92. The van der Waals surface area contributed by atoms with Gasteiger partial charge in [0, 0.05) is 18.8 Å². The average molecular weight is 235 g/mol. The zero-order valence-corrected chi connectivity index (χ0v) is 10.1. The SMILES string of the molecule is CC(C)C1CCCN1c1nccc(C(=O)O)n1. The molecule has 0 radical (unpaired) electrons. The highest BCUT2D eigenvalue weighted by atomic mass is 16.4. The second kappa shape index (κ2) is 4.69. The van der Waals surface area contributed by atoms with Crippen LogP contribution in [0.4, 0.5) is 5.95 Å². The van der Waals surface area contributed by atoms with Crippen LogP contribution in [-0.4, -0.2) is 33.6 Å². The summed E-state index contributed by atoms with van der Waals surface area (Å²) in [4.78, 5) is 21.3. The number of rotatable bonds is 3. The molecule has 0 aliphatic carbocycles. The van der Waals surface area contributed by atoms with Crippen molar-refractivity contribution in [3.05, 3.63) is 18.0 Å². The van der Waals surface area contributed by atoms with Crippen LogP contribution in [-0.2, 0) is 0 Å². The standard InChI is InChI=1S/C12H17N3O2/c1-8(2)10-4-3-7-15(10)12-13-6-5-9(14-12)11(16)17/h5-6,8,10H,3-4,7H2,1-2H3,(H,16,17). The molecule has 0 bridgehead atoms. The van der Waals surface area contributed by atoms with E-state index in [4.69, 9.17) is 5.11 Å². The molecule has 1 aromatic rings. The van der Waals surface area contributed by atoms with Gasteiger partial charge >= 0.3 is 5.97 Å². The molecule has 0 aromatic carbocycles. The maximum atomic E-state index is 10.9. The van der Waals surface area contributed by atoms with Crippen LogP contribution in [0.15, 0.2) is 12.3 Å². The molecule has 2 rings (SSSR count). The van der Waals surface area contributed by atoms with Crippen LogP contribution in [0.2, 0.25) is 0 Å². The van der Waals surface area contributed by atoms with Gasteiger partial charge in [-0.2, -0.15) is 0 Å². The minimum atomic E-state index is -1.01. The van der Waals surface area contributed by atoms with E-state index < -0.39 is 5.97 Å². The number of carboxylic acid groups (broad SMARTS) is 1. The lowest BCUT2D eigenvalue weighted by Gasteiger charge is -2.27. The highest BCUT2D eigenvalue weighted by Gasteiger charge is 2.29. The molecule has 1 saturated heterocycles. The van der Waals surface area contributed by atoms with Crippen LogP contribution >= 0.6 is 0 Å². The minimum absolute atomic E-state index is 0.0596. The number of aromatic nitrogens is 2. The van der Waals surface area contributed by atoms with Crippen LogP contribution < -0.4 is 4.90 Å². The molecule has 92 valence electrons. The van der Waals surface area contributed by atoms with Crippen LogP contribution in [0.5, 0.6) is 0 Å². The summed E-state index contributed by atoms with van der Waals surface area (Å²) in [7, 11) is 0. The zero-order chi connectivity index (χ0) is 12.4.